The zero-order chi connectivity index (χ0) is 13.1. The molecule has 1 aliphatic heterocycles. The van der Waals surface area contributed by atoms with Crippen molar-refractivity contribution in [1.82, 2.24) is 4.90 Å². The maximum absolute atomic E-state index is 5.77. The molecular weight excluding hydrogens is 456 g/mol. The maximum atomic E-state index is 5.77. The zero-order valence-electron chi connectivity index (χ0n) is 10.5. The van der Waals surface area contributed by atoms with Gasteiger partial charge in [-0.05, 0) is 35.6 Å². The van der Waals surface area contributed by atoms with E-state index >= 15 is 0 Å². The van der Waals surface area contributed by atoms with Crippen LogP contribution in [0.1, 0.15) is 16.5 Å². The van der Waals surface area contributed by atoms with Gasteiger partial charge in [-0.1, -0.05) is 40.8 Å². The molecule has 1 aromatic rings. The van der Waals surface area contributed by atoms with Crippen LogP contribution in [0.3, 0.4) is 0 Å². The minimum Gasteiger partial charge on any atom is -0.496 e. The first-order valence-corrected chi connectivity index (χ1v) is 8.41. The van der Waals surface area contributed by atoms with Crippen molar-refractivity contribution in [3.05, 3.63) is 29.8 Å². The number of morpholine rings is 1. The number of nitrogens with zero attached hydrogens (tertiary/aromatic N) is 1. The van der Waals surface area contributed by atoms with Crippen LogP contribution >= 0.6 is 45.2 Å². The van der Waals surface area contributed by atoms with Gasteiger partial charge in [-0.15, -0.1) is 0 Å². The standard InChI is InChI=1S/C13H17I2NO2/c1-9-7-16(8-12(14)18-9)13(15)10-5-3-4-6-11(10)17-2/h3-6,9,12-13H,7-8H2,1-2H3. The highest BCUT2D eigenvalue weighted by Crippen LogP contribution is 2.36. The first-order chi connectivity index (χ1) is 8.61. The van der Waals surface area contributed by atoms with Crippen molar-refractivity contribution < 1.29 is 9.47 Å². The van der Waals surface area contributed by atoms with Crippen molar-refractivity contribution in [1.29, 1.82) is 0 Å². The summed E-state index contributed by atoms with van der Waals surface area (Å²) >= 11 is 4.84. The molecule has 0 aromatic heterocycles. The Morgan fingerprint density at radius 1 is 1.39 bits per heavy atom. The van der Waals surface area contributed by atoms with Crippen LogP contribution in [0.4, 0.5) is 0 Å². The normalized spacial score (nSPS) is 26.9. The van der Waals surface area contributed by atoms with Crippen LogP contribution in [0.25, 0.3) is 0 Å². The zero-order valence-corrected chi connectivity index (χ0v) is 14.8. The van der Waals surface area contributed by atoms with Crippen LogP contribution in [-0.4, -0.2) is 35.3 Å². The van der Waals surface area contributed by atoms with Gasteiger partial charge in [-0.25, -0.2) is 0 Å². The lowest BCUT2D eigenvalue weighted by atomic mass is 10.1. The SMILES string of the molecule is COc1ccccc1C(I)N1CC(C)OC(I)C1. The molecule has 100 valence electrons. The van der Waals surface area contributed by atoms with Crippen molar-refractivity contribution in [2.45, 2.75) is 21.2 Å². The van der Waals surface area contributed by atoms with Crippen molar-refractivity contribution in [3.8, 4) is 5.75 Å². The van der Waals surface area contributed by atoms with Gasteiger partial charge in [0.05, 0.1) is 17.3 Å². The molecule has 0 N–H and O–H groups in total. The van der Waals surface area contributed by atoms with Gasteiger partial charge in [0.1, 0.15) is 9.86 Å². The van der Waals surface area contributed by atoms with Gasteiger partial charge >= 0.3 is 0 Å². The Bertz CT molecular complexity index is 392. The van der Waals surface area contributed by atoms with E-state index in [9.17, 15) is 0 Å². The fourth-order valence-electron chi connectivity index (χ4n) is 2.17. The van der Waals surface area contributed by atoms with Crippen LogP contribution in [0, 0.1) is 0 Å². The minimum atomic E-state index is 0.262. The number of methoxy groups -OCH3 is 1. The third kappa shape index (κ3) is 3.49. The summed E-state index contributed by atoms with van der Waals surface area (Å²) in [6, 6.07) is 8.23. The molecule has 5 heteroatoms. The lowest BCUT2D eigenvalue weighted by molar-refractivity contribution is -0.0306. The quantitative estimate of drug-likeness (QED) is 0.381. The molecule has 1 fully saturated rings. The molecule has 3 atom stereocenters. The molecule has 0 bridgehead atoms. The smallest absolute Gasteiger partial charge is 0.124 e. The number of hydrogen-bond donors (Lipinski definition) is 0. The molecule has 0 saturated carbocycles. The molecule has 1 aromatic carbocycles. The van der Waals surface area contributed by atoms with Gasteiger partial charge in [-0.2, -0.15) is 0 Å². The second kappa shape index (κ2) is 6.71. The highest BCUT2D eigenvalue weighted by atomic mass is 127. The average molecular weight is 473 g/mol. The number of ether oxygens (including phenoxy) is 2. The number of halogens is 2. The molecular formula is C13H17I2NO2. The van der Waals surface area contributed by atoms with Gasteiger partial charge in [0.15, 0.2) is 0 Å². The van der Waals surface area contributed by atoms with E-state index in [4.69, 9.17) is 9.47 Å². The van der Waals surface area contributed by atoms with E-state index in [1.165, 1.54) is 5.56 Å². The fraction of sp³-hybridized carbons (Fsp3) is 0.538. The number of para-hydroxylation sites is 1. The summed E-state index contributed by atoms with van der Waals surface area (Å²) in [6.45, 7) is 4.05. The first kappa shape index (κ1) is 14.8. The Labute approximate surface area is 135 Å². The van der Waals surface area contributed by atoms with Crippen LogP contribution in [0.5, 0.6) is 5.75 Å². The van der Waals surface area contributed by atoms with Gasteiger partial charge in [0.2, 0.25) is 0 Å². The van der Waals surface area contributed by atoms with Crippen LogP contribution in [0.15, 0.2) is 24.3 Å². The average Bonchev–Trinajstić information content (AvgIpc) is 2.36. The molecule has 1 saturated heterocycles. The van der Waals surface area contributed by atoms with E-state index in [0.717, 1.165) is 18.8 Å². The van der Waals surface area contributed by atoms with Crippen molar-refractivity contribution in [2.75, 3.05) is 20.2 Å². The van der Waals surface area contributed by atoms with E-state index in [1.54, 1.807) is 7.11 Å². The second-order valence-electron chi connectivity index (χ2n) is 4.39. The highest BCUT2D eigenvalue weighted by Gasteiger charge is 2.29. The largest absolute Gasteiger partial charge is 0.496 e. The third-order valence-corrected chi connectivity index (χ3v) is 5.11. The van der Waals surface area contributed by atoms with Gasteiger partial charge < -0.3 is 9.47 Å². The molecule has 3 unspecified atom stereocenters. The Morgan fingerprint density at radius 2 is 2.11 bits per heavy atom. The lowest BCUT2D eigenvalue weighted by Gasteiger charge is -2.37. The molecule has 0 radical (unpaired) electrons. The fourth-order valence-corrected chi connectivity index (χ4v) is 4.15. The van der Waals surface area contributed by atoms with E-state index in [2.05, 4.69) is 69.1 Å². The maximum Gasteiger partial charge on any atom is 0.124 e. The summed E-state index contributed by atoms with van der Waals surface area (Å²) in [4.78, 5) is 2.45. The summed E-state index contributed by atoms with van der Waals surface area (Å²) in [7, 11) is 1.73. The predicted octanol–water partition coefficient (Wildman–Crippen LogP) is 3.61. The van der Waals surface area contributed by atoms with Gasteiger partial charge in [0.25, 0.3) is 0 Å². The highest BCUT2D eigenvalue weighted by molar-refractivity contribution is 14.1. The molecule has 2 rings (SSSR count). The molecule has 3 nitrogen and oxygen atoms in total. The predicted molar refractivity (Wildman–Crippen MR) is 89.7 cm³/mol. The van der Waals surface area contributed by atoms with E-state index in [0.29, 0.717) is 4.05 Å². The number of alkyl halides is 2. The van der Waals surface area contributed by atoms with E-state index < -0.39 is 0 Å². The van der Waals surface area contributed by atoms with Crippen LogP contribution in [0.2, 0.25) is 0 Å². The Kier molecular flexibility index (Phi) is 5.52. The number of hydrogen-bond acceptors (Lipinski definition) is 3. The molecule has 18 heavy (non-hydrogen) atoms. The Balaban J connectivity index is 2.17. The van der Waals surface area contributed by atoms with E-state index in [-0.39, 0.29) is 10.2 Å². The summed E-state index contributed by atoms with van der Waals surface area (Å²) in [5.41, 5.74) is 1.23. The monoisotopic (exact) mass is 473 g/mol. The molecule has 1 aliphatic rings. The van der Waals surface area contributed by atoms with E-state index in [1.807, 2.05) is 12.1 Å². The number of benzene rings is 1. The van der Waals surface area contributed by atoms with Crippen molar-refractivity contribution in [2.24, 2.45) is 0 Å². The van der Waals surface area contributed by atoms with Crippen LogP contribution < -0.4 is 4.74 Å². The molecule has 0 amide bonds. The van der Waals surface area contributed by atoms with Crippen molar-refractivity contribution >= 4 is 45.2 Å². The number of rotatable bonds is 3. The molecule has 0 aliphatic carbocycles. The van der Waals surface area contributed by atoms with Gasteiger partial charge in [0, 0.05) is 18.7 Å². The van der Waals surface area contributed by atoms with Crippen LogP contribution in [-0.2, 0) is 4.74 Å². The molecule has 1 heterocycles. The van der Waals surface area contributed by atoms with Crippen molar-refractivity contribution in [3.63, 3.8) is 0 Å². The van der Waals surface area contributed by atoms with Gasteiger partial charge in [-0.3, -0.25) is 4.90 Å². The summed E-state index contributed by atoms with van der Waals surface area (Å²) < 4.78 is 11.8. The lowest BCUT2D eigenvalue weighted by Crippen LogP contribution is -2.44. The summed E-state index contributed by atoms with van der Waals surface area (Å²) in [6.07, 6.45) is 0.285. The minimum absolute atomic E-state index is 0.262. The second-order valence-corrected chi connectivity index (χ2v) is 6.96. The summed E-state index contributed by atoms with van der Waals surface area (Å²) in [5, 5.41) is 0. The third-order valence-electron chi connectivity index (χ3n) is 2.97. The Morgan fingerprint density at radius 3 is 2.78 bits per heavy atom. The molecule has 0 spiro atoms. The summed E-state index contributed by atoms with van der Waals surface area (Å²) in [5.74, 6) is 0.959. The Hall–Kier alpha value is 0.400. The first-order valence-electron chi connectivity index (χ1n) is 5.92. The topological polar surface area (TPSA) is 21.7 Å².